The summed E-state index contributed by atoms with van der Waals surface area (Å²) in [6.07, 6.45) is 5.11. The average molecular weight is 387 g/mol. The fraction of sp³-hybridized carbons (Fsp3) is 0.478. The highest BCUT2D eigenvalue weighted by Gasteiger charge is 2.51. The molecule has 1 N–H and O–H groups in total. The summed E-state index contributed by atoms with van der Waals surface area (Å²) in [5, 5.41) is 10.6. The summed E-state index contributed by atoms with van der Waals surface area (Å²) in [4.78, 5) is 0. The van der Waals surface area contributed by atoms with Crippen molar-refractivity contribution in [3.63, 3.8) is 0 Å². The van der Waals surface area contributed by atoms with Crippen LogP contribution in [0.4, 0.5) is 0 Å². The minimum absolute atomic E-state index is 0.0463. The van der Waals surface area contributed by atoms with E-state index in [9.17, 15) is 5.11 Å². The van der Waals surface area contributed by atoms with Crippen LogP contribution in [0.1, 0.15) is 55.4 Å². The second-order valence-corrected chi connectivity index (χ2v) is 8.15. The summed E-state index contributed by atoms with van der Waals surface area (Å²) < 4.78 is 11.9. The fourth-order valence-corrected chi connectivity index (χ4v) is 4.61. The van der Waals surface area contributed by atoms with Crippen LogP contribution in [0.15, 0.2) is 42.5 Å². The largest absolute Gasteiger partial charge is 0.494 e. The first-order valence-electron chi connectivity index (χ1n) is 9.92. The first kappa shape index (κ1) is 18.8. The molecule has 0 aromatic heterocycles. The lowest BCUT2D eigenvalue weighted by Crippen LogP contribution is -2.55. The molecule has 2 aromatic rings. The zero-order valence-corrected chi connectivity index (χ0v) is 16.5. The Morgan fingerprint density at radius 1 is 1.15 bits per heavy atom. The Morgan fingerprint density at radius 2 is 1.96 bits per heavy atom. The molecule has 0 bridgehead atoms. The highest BCUT2D eigenvalue weighted by atomic mass is 35.5. The Bertz CT molecular complexity index is 785. The van der Waals surface area contributed by atoms with E-state index in [-0.39, 0.29) is 18.3 Å². The lowest BCUT2D eigenvalue weighted by molar-refractivity contribution is -0.230. The van der Waals surface area contributed by atoms with E-state index in [4.69, 9.17) is 21.1 Å². The van der Waals surface area contributed by atoms with Crippen LogP contribution in [0.2, 0.25) is 5.02 Å². The predicted octanol–water partition coefficient (Wildman–Crippen LogP) is 5.32. The molecule has 4 heteroatoms. The lowest BCUT2D eigenvalue weighted by atomic mass is 9.65. The van der Waals surface area contributed by atoms with Crippen molar-refractivity contribution in [3.05, 3.63) is 64.2 Å². The average Bonchev–Trinajstić information content (AvgIpc) is 2.67. The minimum Gasteiger partial charge on any atom is -0.494 e. The van der Waals surface area contributed by atoms with Crippen LogP contribution in [0.3, 0.4) is 0 Å². The number of halogens is 1. The number of hydrogen-bond acceptors (Lipinski definition) is 3. The molecule has 27 heavy (non-hydrogen) atoms. The van der Waals surface area contributed by atoms with Gasteiger partial charge in [0.2, 0.25) is 0 Å². The smallest absolute Gasteiger partial charge is 0.119 e. The number of ether oxygens (including phenoxy) is 2. The number of benzene rings is 2. The Morgan fingerprint density at radius 3 is 2.63 bits per heavy atom. The third-order valence-corrected chi connectivity index (χ3v) is 6.52. The highest BCUT2D eigenvalue weighted by molar-refractivity contribution is 6.31. The Balaban J connectivity index is 1.51. The Kier molecular flexibility index (Phi) is 5.45. The molecule has 2 fully saturated rings. The zero-order valence-electron chi connectivity index (χ0n) is 15.8. The van der Waals surface area contributed by atoms with E-state index in [2.05, 4.69) is 24.3 Å². The van der Waals surface area contributed by atoms with Gasteiger partial charge in [0.1, 0.15) is 5.75 Å². The van der Waals surface area contributed by atoms with Crippen molar-refractivity contribution in [3.8, 4) is 5.75 Å². The molecular weight excluding hydrogens is 360 g/mol. The molecule has 0 spiro atoms. The van der Waals surface area contributed by atoms with Crippen LogP contribution >= 0.6 is 11.6 Å². The molecule has 3 atom stereocenters. The maximum absolute atomic E-state index is 9.83. The molecule has 1 saturated heterocycles. The molecule has 1 saturated carbocycles. The monoisotopic (exact) mass is 386 g/mol. The van der Waals surface area contributed by atoms with Crippen molar-refractivity contribution in [1.29, 1.82) is 0 Å². The quantitative estimate of drug-likeness (QED) is 0.729. The SMILES string of the molecule is CCOc1ccc(Cc2cc(C3CCC4CCC4(CO)O3)ccc2Cl)cc1. The second-order valence-electron chi connectivity index (χ2n) is 7.75. The molecule has 0 amide bonds. The standard InChI is InChI=1S/C23H27ClO3/c1-2-26-20-7-3-16(4-8-20)13-18-14-17(5-9-21(18)24)22-10-6-19-11-12-23(19,15-25)27-22/h3-5,7-9,14,19,22,25H,2,6,10-13,15H2,1H3. The first-order chi connectivity index (χ1) is 13.1. The van der Waals surface area contributed by atoms with E-state index >= 15 is 0 Å². The molecular formula is C23H27ClO3. The molecule has 4 rings (SSSR count). The minimum atomic E-state index is -0.308. The van der Waals surface area contributed by atoms with Crippen LogP contribution in [0, 0.1) is 5.92 Å². The van der Waals surface area contributed by atoms with Crippen LogP contribution in [0.25, 0.3) is 0 Å². The second kappa shape index (κ2) is 7.83. The number of aliphatic hydroxyl groups excluding tert-OH is 1. The number of hydrogen-bond donors (Lipinski definition) is 1. The molecule has 2 aliphatic rings. The molecule has 2 aromatic carbocycles. The molecule has 3 unspecified atom stereocenters. The van der Waals surface area contributed by atoms with Crippen LogP contribution < -0.4 is 4.74 Å². The van der Waals surface area contributed by atoms with Gasteiger partial charge in [0.05, 0.1) is 24.9 Å². The van der Waals surface area contributed by atoms with Crippen molar-refractivity contribution >= 4 is 11.6 Å². The molecule has 3 nitrogen and oxygen atoms in total. The summed E-state index contributed by atoms with van der Waals surface area (Å²) in [6.45, 7) is 2.78. The predicted molar refractivity (Wildman–Crippen MR) is 107 cm³/mol. The van der Waals surface area contributed by atoms with Gasteiger partial charge in [0.25, 0.3) is 0 Å². The lowest BCUT2D eigenvalue weighted by Gasteiger charge is -2.53. The fourth-order valence-electron chi connectivity index (χ4n) is 4.43. The van der Waals surface area contributed by atoms with Gasteiger partial charge in [-0.25, -0.2) is 0 Å². The normalized spacial score (nSPS) is 26.9. The first-order valence-corrected chi connectivity index (χ1v) is 10.3. The van der Waals surface area contributed by atoms with Gasteiger partial charge in [-0.1, -0.05) is 35.9 Å². The number of fused-ring (bicyclic) bond motifs is 1. The maximum Gasteiger partial charge on any atom is 0.119 e. The van der Waals surface area contributed by atoms with Crippen molar-refractivity contribution < 1.29 is 14.6 Å². The topological polar surface area (TPSA) is 38.7 Å². The van der Waals surface area contributed by atoms with Crippen LogP contribution in [0.5, 0.6) is 5.75 Å². The molecule has 1 aliphatic heterocycles. The number of rotatable bonds is 6. The van der Waals surface area contributed by atoms with Gasteiger partial charge in [-0.2, -0.15) is 0 Å². The summed E-state index contributed by atoms with van der Waals surface area (Å²) in [7, 11) is 0. The molecule has 1 heterocycles. The third-order valence-electron chi connectivity index (χ3n) is 6.15. The van der Waals surface area contributed by atoms with Crippen molar-refractivity contribution in [2.24, 2.45) is 5.92 Å². The summed E-state index contributed by atoms with van der Waals surface area (Å²) in [5.41, 5.74) is 3.17. The highest BCUT2D eigenvalue weighted by Crippen LogP contribution is 2.52. The molecule has 144 valence electrons. The van der Waals surface area contributed by atoms with Gasteiger partial charge in [-0.05, 0) is 79.8 Å². The van der Waals surface area contributed by atoms with Gasteiger partial charge in [-0.15, -0.1) is 0 Å². The number of aliphatic hydroxyl groups is 1. The van der Waals surface area contributed by atoms with Gasteiger partial charge < -0.3 is 14.6 Å². The van der Waals surface area contributed by atoms with Crippen molar-refractivity contribution in [2.45, 2.75) is 50.7 Å². The van der Waals surface area contributed by atoms with E-state index in [0.717, 1.165) is 42.0 Å². The maximum atomic E-state index is 9.83. The van der Waals surface area contributed by atoms with E-state index < -0.39 is 0 Å². The van der Waals surface area contributed by atoms with Gasteiger partial charge in [-0.3, -0.25) is 0 Å². The van der Waals surface area contributed by atoms with E-state index in [1.807, 2.05) is 25.1 Å². The Labute approximate surface area is 166 Å². The molecule has 0 radical (unpaired) electrons. The Hall–Kier alpha value is -1.55. The van der Waals surface area contributed by atoms with Gasteiger partial charge in [0.15, 0.2) is 0 Å². The van der Waals surface area contributed by atoms with E-state index in [1.54, 1.807) is 0 Å². The summed E-state index contributed by atoms with van der Waals surface area (Å²) in [5.74, 6) is 1.41. The molecule has 1 aliphatic carbocycles. The third kappa shape index (κ3) is 3.73. The summed E-state index contributed by atoms with van der Waals surface area (Å²) >= 11 is 6.48. The van der Waals surface area contributed by atoms with Crippen LogP contribution in [-0.4, -0.2) is 23.9 Å². The van der Waals surface area contributed by atoms with Crippen molar-refractivity contribution in [2.75, 3.05) is 13.2 Å². The van der Waals surface area contributed by atoms with E-state index in [0.29, 0.717) is 12.5 Å². The zero-order chi connectivity index (χ0) is 18.9. The van der Waals surface area contributed by atoms with Gasteiger partial charge >= 0.3 is 0 Å². The van der Waals surface area contributed by atoms with Crippen LogP contribution in [-0.2, 0) is 11.2 Å². The summed E-state index contributed by atoms with van der Waals surface area (Å²) in [6, 6.07) is 14.4. The van der Waals surface area contributed by atoms with Crippen molar-refractivity contribution in [1.82, 2.24) is 0 Å². The van der Waals surface area contributed by atoms with E-state index in [1.165, 1.54) is 17.5 Å². The van der Waals surface area contributed by atoms with Gasteiger partial charge in [0, 0.05) is 5.02 Å².